The van der Waals surface area contributed by atoms with Gasteiger partial charge in [-0.1, -0.05) is 0 Å². The monoisotopic (exact) mass is 223 g/mol. The number of H-pyrrole nitrogens is 1. The van der Waals surface area contributed by atoms with Crippen molar-refractivity contribution in [1.29, 1.82) is 0 Å². The standard InChI is InChI=1S/C7H8F3N3O2/c8-7(9,10)15-5-4(14)3(1-11)2-13-6(5)12/h2H,1,11H2,(H3,12,13,14). The zero-order valence-corrected chi connectivity index (χ0v) is 7.39. The van der Waals surface area contributed by atoms with Crippen molar-refractivity contribution in [2.24, 2.45) is 5.73 Å². The minimum absolute atomic E-state index is 0.0385. The molecule has 15 heavy (non-hydrogen) atoms. The fourth-order valence-corrected chi connectivity index (χ4v) is 0.933. The van der Waals surface area contributed by atoms with Gasteiger partial charge in [0, 0.05) is 18.3 Å². The largest absolute Gasteiger partial charge is 0.573 e. The minimum atomic E-state index is -4.96. The van der Waals surface area contributed by atoms with Gasteiger partial charge in [0.15, 0.2) is 0 Å². The van der Waals surface area contributed by atoms with Crippen molar-refractivity contribution in [1.82, 2.24) is 4.98 Å². The highest BCUT2D eigenvalue weighted by molar-refractivity contribution is 5.47. The van der Waals surface area contributed by atoms with E-state index in [-0.39, 0.29) is 12.1 Å². The number of alkyl halides is 3. The highest BCUT2D eigenvalue weighted by Gasteiger charge is 2.33. The third kappa shape index (κ3) is 2.62. The van der Waals surface area contributed by atoms with Gasteiger partial charge in [0.05, 0.1) is 0 Å². The molecule has 8 heteroatoms. The molecule has 0 saturated heterocycles. The summed E-state index contributed by atoms with van der Waals surface area (Å²) in [4.78, 5) is 13.5. The van der Waals surface area contributed by atoms with Crippen molar-refractivity contribution in [2.75, 3.05) is 5.73 Å². The number of nitrogens with one attached hydrogen (secondary N) is 1. The van der Waals surface area contributed by atoms with E-state index in [0.717, 1.165) is 6.20 Å². The first-order valence-corrected chi connectivity index (χ1v) is 3.81. The van der Waals surface area contributed by atoms with Crippen molar-refractivity contribution in [3.63, 3.8) is 0 Å². The van der Waals surface area contributed by atoms with Crippen molar-refractivity contribution in [3.05, 3.63) is 22.0 Å². The summed E-state index contributed by atoms with van der Waals surface area (Å²) in [5.41, 5.74) is 9.26. The van der Waals surface area contributed by atoms with Gasteiger partial charge in [-0.2, -0.15) is 0 Å². The summed E-state index contributed by atoms with van der Waals surface area (Å²) in [6, 6.07) is 0. The van der Waals surface area contributed by atoms with Gasteiger partial charge in [-0.15, -0.1) is 13.2 Å². The molecule has 0 fully saturated rings. The lowest BCUT2D eigenvalue weighted by atomic mass is 10.2. The van der Waals surface area contributed by atoms with Gasteiger partial charge in [-0.05, 0) is 0 Å². The van der Waals surface area contributed by atoms with E-state index < -0.39 is 23.4 Å². The summed E-state index contributed by atoms with van der Waals surface area (Å²) in [6.07, 6.45) is -3.82. The molecule has 0 atom stereocenters. The van der Waals surface area contributed by atoms with Crippen LogP contribution in [-0.2, 0) is 6.54 Å². The molecule has 1 aromatic rings. The molecule has 5 nitrogen and oxygen atoms in total. The number of pyridine rings is 1. The Morgan fingerprint density at radius 2 is 2.07 bits per heavy atom. The Hall–Kier alpha value is -1.70. The SMILES string of the molecule is NCc1c[nH]c(N)c(OC(F)(F)F)c1=O. The maximum atomic E-state index is 11.9. The van der Waals surface area contributed by atoms with Crippen LogP contribution in [0.2, 0.25) is 0 Å². The molecule has 0 unspecified atom stereocenters. The summed E-state index contributed by atoms with van der Waals surface area (Å²) < 4.78 is 39.1. The highest BCUT2D eigenvalue weighted by atomic mass is 19.4. The van der Waals surface area contributed by atoms with Crippen LogP contribution in [0.3, 0.4) is 0 Å². The van der Waals surface area contributed by atoms with Crippen LogP contribution in [0.15, 0.2) is 11.0 Å². The second kappa shape index (κ2) is 3.81. The molecule has 1 heterocycles. The molecular weight excluding hydrogens is 215 g/mol. The third-order valence-electron chi connectivity index (χ3n) is 1.58. The Bertz CT molecular complexity index is 413. The second-order valence-electron chi connectivity index (χ2n) is 2.64. The van der Waals surface area contributed by atoms with Crippen LogP contribution in [0.4, 0.5) is 19.0 Å². The molecule has 0 radical (unpaired) electrons. The number of hydrogen-bond donors (Lipinski definition) is 3. The molecule has 1 rings (SSSR count). The molecule has 0 bridgehead atoms. The number of halogens is 3. The molecule has 0 aliphatic heterocycles. The molecule has 0 aromatic carbocycles. The lowest BCUT2D eigenvalue weighted by Crippen LogP contribution is -2.25. The lowest BCUT2D eigenvalue weighted by molar-refractivity contribution is -0.274. The zero-order chi connectivity index (χ0) is 11.6. The molecule has 5 N–H and O–H groups in total. The van der Waals surface area contributed by atoms with E-state index in [1.165, 1.54) is 0 Å². The van der Waals surface area contributed by atoms with Crippen LogP contribution in [0.25, 0.3) is 0 Å². The Kier molecular flexibility index (Phi) is 2.89. The molecule has 0 spiro atoms. The molecule has 0 aliphatic carbocycles. The van der Waals surface area contributed by atoms with Gasteiger partial charge in [0.2, 0.25) is 11.2 Å². The summed E-state index contributed by atoms with van der Waals surface area (Å²) in [5, 5.41) is 0. The first-order valence-electron chi connectivity index (χ1n) is 3.81. The van der Waals surface area contributed by atoms with Gasteiger partial charge in [-0.25, -0.2) is 0 Å². The van der Waals surface area contributed by atoms with E-state index >= 15 is 0 Å². The third-order valence-corrected chi connectivity index (χ3v) is 1.58. The summed E-state index contributed by atoms with van der Waals surface area (Å²) in [7, 11) is 0. The second-order valence-corrected chi connectivity index (χ2v) is 2.64. The molecular formula is C7H8F3N3O2. The van der Waals surface area contributed by atoms with Crippen molar-refractivity contribution < 1.29 is 17.9 Å². The average molecular weight is 223 g/mol. The van der Waals surface area contributed by atoms with E-state index in [4.69, 9.17) is 11.5 Å². The summed E-state index contributed by atoms with van der Waals surface area (Å²) in [6.45, 7) is -0.205. The molecule has 84 valence electrons. The van der Waals surface area contributed by atoms with E-state index in [0.29, 0.717) is 0 Å². The van der Waals surface area contributed by atoms with Gasteiger partial charge in [-0.3, -0.25) is 4.79 Å². The summed E-state index contributed by atoms with van der Waals surface area (Å²) in [5.74, 6) is -1.47. The number of nitrogens with two attached hydrogens (primary N) is 2. The summed E-state index contributed by atoms with van der Waals surface area (Å²) >= 11 is 0. The number of aromatic nitrogens is 1. The first kappa shape index (κ1) is 11.4. The maximum Gasteiger partial charge on any atom is 0.573 e. The van der Waals surface area contributed by atoms with Crippen LogP contribution in [0.1, 0.15) is 5.56 Å². The normalized spacial score (nSPS) is 11.5. The number of rotatable bonds is 2. The topological polar surface area (TPSA) is 94.1 Å². The minimum Gasteiger partial charge on any atom is -0.398 e. The lowest BCUT2D eigenvalue weighted by Gasteiger charge is -2.10. The van der Waals surface area contributed by atoms with E-state index in [9.17, 15) is 18.0 Å². The van der Waals surface area contributed by atoms with Gasteiger partial charge < -0.3 is 21.2 Å². The highest BCUT2D eigenvalue weighted by Crippen LogP contribution is 2.23. The van der Waals surface area contributed by atoms with E-state index in [2.05, 4.69) is 9.72 Å². The van der Waals surface area contributed by atoms with Gasteiger partial charge in [0.25, 0.3) is 0 Å². The van der Waals surface area contributed by atoms with E-state index in [1.807, 2.05) is 0 Å². The van der Waals surface area contributed by atoms with Crippen LogP contribution < -0.4 is 21.6 Å². The molecule has 0 amide bonds. The Morgan fingerprint density at radius 3 is 2.53 bits per heavy atom. The average Bonchev–Trinajstić information content (AvgIpc) is 2.11. The number of anilines is 1. The van der Waals surface area contributed by atoms with Crippen molar-refractivity contribution >= 4 is 5.82 Å². The fourth-order valence-electron chi connectivity index (χ4n) is 0.933. The quantitative estimate of drug-likeness (QED) is 0.672. The van der Waals surface area contributed by atoms with Gasteiger partial charge >= 0.3 is 6.36 Å². The fraction of sp³-hybridized carbons (Fsp3) is 0.286. The zero-order valence-electron chi connectivity index (χ0n) is 7.39. The Labute approximate surface area is 81.8 Å². The number of nitrogen functional groups attached to an aromatic ring is 1. The van der Waals surface area contributed by atoms with Crippen molar-refractivity contribution in [2.45, 2.75) is 12.9 Å². The van der Waals surface area contributed by atoms with Crippen LogP contribution in [0.5, 0.6) is 5.75 Å². The molecule has 0 aliphatic rings. The Morgan fingerprint density at radius 1 is 1.47 bits per heavy atom. The number of ether oxygens (including phenoxy) is 1. The van der Waals surface area contributed by atoms with Gasteiger partial charge in [0.1, 0.15) is 5.82 Å². The number of aromatic amines is 1. The van der Waals surface area contributed by atoms with Crippen LogP contribution >= 0.6 is 0 Å². The predicted molar refractivity (Wildman–Crippen MR) is 46.0 cm³/mol. The molecule has 1 aromatic heterocycles. The predicted octanol–water partition coefficient (Wildman–Crippen LogP) is 0.314. The smallest absolute Gasteiger partial charge is 0.398 e. The van der Waals surface area contributed by atoms with E-state index in [1.54, 1.807) is 0 Å². The van der Waals surface area contributed by atoms with Crippen molar-refractivity contribution in [3.8, 4) is 5.75 Å². The van der Waals surface area contributed by atoms with Crippen LogP contribution in [0, 0.1) is 0 Å². The molecule has 0 saturated carbocycles. The first-order chi connectivity index (χ1) is 6.85. The van der Waals surface area contributed by atoms with Crippen LogP contribution in [-0.4, -0.2) is 11.3 Å². The Balaban J connectivity index is 3.22. The maximum absolute atomic E-state index is 11.9. The number of hydrogen-bond acceptors (Lipinski definition) is 4.